The van der Waals surface area contributed by atoms with Crippen LogP contribution in [0.25, 0.3) is 0 Å². The second-order valence-corrected chi connectivity index (χ2v) is 8.27. The van der Waals surface area contributed by atoms with Crippen LogP contribution in [0.4, 0.5) is 5.69 Å². The number of carbonyl (C=O) groups excluding carboxylic acids is 1. The van der Waals surface area contributed by atoms with Crippen molar-refractivity contribution >= 4 is 23.4 Å². The van der Waals surface area contributed by atoms with Gasteiger partial charge in [-0.2, -0.15) is 0 Å². The largest absolute Gasteiger partial charge is 0.379 e. The Bertz CT molecular complexity index is 958. The average Bonchev–Trinajstić information content (AvgIpc) is 2.80. The molecule has 1 aliphatic heterocycles. The normalized spacial score (nSPS) is 14.4. The summed E-state index contributed by atoms with van der Waals surface area (Å²) in [4.78, 5) is 20.3. The van der Waals surface area contributed by atoms with Gasteiger partial charge in [-0.15, -0.1) is 11.8 Å². The standard InChI is InChI=1S/C24H25N3O2S/c28-24(21-5-1-3-19(15-21)17-27-11-13-29-14-12-27)26-22-6-8-23(9-7-22)30-18-20-4-2-10-25-16-20/h1-10,15-16H,11-14,17-18H2,(H,26,28). The van der Waals surface area contributed by atoms with Crippen molar-refractivity contribution in [1.29, 1.82) is 0 Å². The van der Waals surface area contributed by atoms with E-state index in [0.29, 0.717) is 5.56 Å². The minimum absolute atomic E-state index is 0.0883. The number of benzene rings is 2. The lowest BCUT2D eigenvalue weighted by molar-refractivity contribution is 0.0342. The number of anilines is 1. The summed E-state index contributed by atoms with van der Waals surface area (Å²) in [5, 5.41) is 3.00. The highest BCUT2D eigenvalue weighted by Gasteiger charge is 2.12. The van der Waals surface area contributed by atoms with Gasteiger partial charge in [0, 0.05) is 53.9 Å². The van der Waals surface area contributed by atoms with Crippen molar-refractivity contribution in [3.63, 3.8) is 0 Å². The monoisotopic (exact) mass is 419 g/mol. The first-order valence-electron chi connectivity index (χ1n) is 10.1. The molecule has 1 fully saturated rings. The summed E-state index contributed by atoms with van der Waals surface area (Å²) < 4.78 is 5.40. The Balaban J connectivity index is 1.32. The minimum atomic E-state index is -0.0883. The smallest absolute Gasteiger partial charge is 0.255 e. The number of thioether (sulfide) groups is 1. The summed E-state index contributed by atoms with van der Waals surface area (Å²) in [5.74, 6) is 0.782. The molecule has 4 rings (SSSR count). The first-order chi connectivity index (χ1) is 14.8. The lowest BCUT2D eigenvalue weighted by Crippen LogP contribution is -2.35. The maximum Gasteiger partial charge on any atom is 0.255 e. The number of hydrogen-bond donors (Lipinski definition) is 1. The molecule has 0 atom stereocenters. The van der Waals surface area contributed by atoms with Crippen LogP contribution in [0.15, 0.2) is 78.0 Å². The van der Waals surface area contributed by atoms with Crippen molar-refractivity contribution in [2.75, 3.05) is 31.6 Å². The van der Waals surface area contributed by atoms with Gasteiger partial charge in [0.25, 0.3) is 5.91 Å². The number of nitrogens with zero attached hydrogens (tertiary/aromatic N) is 2. The number of aromatic nitrogens is 1. The van der Waals surface area contributed by atoms with E-state index in [4.69, 9.17) is 4.74 Å². The van der Waals surface area contributed by atoms with Gasteiger partial charge in [0.15, 0.2) is 0 Å². The molecule has 2 aromatic carbocycles. The molecule has 1 aromatic heterocycles. The molecule has 0 unspecified atom stereocenters. The van der Waals surface area contributed by atoms with Crippen molar-refractivity contribution in [3.05, 3.63) is 89.7 Å². The highest BCUT2D eigenvalue weighted by molar-refractivity contribution is 7.98. The molecule has 0 spiro atoms. The summed E-state index contributed by atoms with van der Waals surface area (Å²) in [6.07, 6.45) is 3.67. The van der Waals surface area contributed by atoms with Crippen molar-refractivity contribution in [2.24, 2.45) is 0 Å². The van der Waals surface area contributed by atoms with Crippen molar-refractivity contribution < 1.29 is 9.53 Å². The average molecular weight is 420 g/mol. The topological polar surface area (TPSA) is 54.5 Å². The fourth-order valence-corrected chi connectivity index (χ4v) is 4.15. The molecule has 154 valence electrons. The van der Waals surface area contributed by atoms with E-state index in [9.17, 15) is 4.79 Å². The fraction of sp³-hybridized carbons (Fsp3) is 0.250. The van der Waals surface area contributed by atoms with Crippen LogP contribution in [0.2, 0.25) is 0 Å². The molecule has 1 amide bonds. The Hall–Kier alpha value is -2.67. The van der Waals surface area contributed by atoms with Crippen LogP contribution in [-0.4, -0.2) is 42.1 Å². The summed E-state index contributed by atoms with van der Waals surface area (Å²) in [6.45, 7) is 4.25. The zero-order valence-electron chi connectivity index (χ0n) is 16.8. The molecular formula is C24H25N3O2S. The maximum absolute atomic E-state index is 12.7. The molecule has 1 saturated heterocycles. The van der Waals surface area contributed by atoms with Crippen LogP contribution < -0.4 is 5.32 Å². The van der Waals surface area contributed by atoms with E-state index in [1.54, 1.807) is 18.0 Å². The molecule has 0 bridgehead atoms. The van der Waals surface area contributed by atoms with E-state index >= 15 is 0 Å². The predicted molar refractivity (Wildman–Crippen MR) is 121 cm³/mol. The highest BCUT2D eigenvalue weighted by Crippen LogP contribution is 2.24. The van der Waals surface area contributed by atoms with E-state index in [-0.39, 0.29) is 5.91 Å². The van der Waals surface area contributed by atoms with Gasteiger partial charge in [-0.1, -0.05) is 18.2 Å². The molecule has 5 nitrogen and oxygen atoms in total. The Morgan fingerprint density at radius 1 is 1.03 bits per heavy atom. The van der Waals surface area contributed by atoms with E-state index in [1.165, 1.54) is 5.56 Å². The van der Waals surface area contributed by atoms with Crippen LogP contribution in [0, 0.1) is 0 Å². The van der Waals surface area contributed by atoms with E-state index in [0.717, 1.165) is 54.7 Å². The lowest BCUT2D eigenvalue weighted by atomic mass is 10.1. The van der Waals surface area contributed by atoms with Crippen LogP contribution in [0.1, 0.15) is 21.5 Å². The summed E-state index contributed by atoms with van der Waals surface area (Å²) in [7, 11) is 0. The maximum atomic E-state index is 12.7. The number of amides is 1. The number of morpholine rings is 1. The number of nitrogens with one attached hydrogen (secondary N) is 1. The van der Waals surface area contributed by atoms with Gasteiger partial charge in [0.2, 0.25) is 0 Å². The number of hydrogen-bond acceptors (Lipinski definition) is 5. The zero-order chi connectivity index (χ0) is 20.6. The fourth-order valence-electron chi connectivity index (χ4n) is 3.32. The quantitative estimate of drug-likeness (QED) is 0.573. The summed E-state index contributed by atoms with van der Waals surface area (Å²) in [5.41, 5.74) is 3.81. The van der Waals surface area contributed by atoms with Crippen LogP contribution >= 0.6 is 11.8 Å². The summed E-state index contributed by atoms with van der Waals surface area (Å²) >= 11 is 1.75. The van der Waals surface area contributed by atoms with Crippen LogP contribution in [0.5, 0.6) is 0 Å². The van der Waals surface area contributed by atoms with Gasteiger partial charge in [-0.25, -0.2) is 0 Å². The Kier molecular flexibility index (Phi) is 7.13. The third-order valence-electron chi connectivity index (χ3n) is 4.94. The first-order valence-corrected chi connectivity index (χ1v) is 11.1. The van der Waals surface area contributed by atoms with Crippen molar-refractivity contribution in [3.8, 4) is 0 Å². The molecule has 3 aromatic rings. The lowest BCUT2D eigenvalue weighted by Gasteiger charge is -2.26. The number of carbonyl (C=O) groups is 1. The Labute approximate surface area is 181 Å². The third kappa shape index (κ3) is 5.92. The van der Waals surface area contributed by atoms with E-state index in [1.807, 2.05) is 54.7 Å². The van der Waals surface area contributed by atoms with Gasteiger partial charge < -0.3 is 10.1 Å². The van der Waals surface area contributed by atoms with Gasteiger partial charge in [-0.05, 0) is 53.6 Å². The van der Waals surface area contributed by atoms with Gasteiger partial charge in [-0.3, -0.25) is 14.7 Å². The van der Waals surface area contributed by atoms with E-state index in [2.05, 4.69) is 27.3 Å². The van der Waals surface area contributed by atoms with Crippen LogP contribution in [-0.2, 0) is 17.0 Å². The second kappa shape index (κ2) is 10.4. The second-order valence-electron chi connectivity index (χ2n) is 7.22. The molecule has 6 heteroatoms. The van der Waals surface area contributed by atoms with Gasteiger partial charge in [0.05, 0.1) is 13.2 Å². The number of pyridine rings is 1. The molecule has 0 aliphatic carbocycles. The van der Waals surface area contributed by atoms with Crippen LogP contribution in [0.3, 0.4) is 0 Å². The molecule has 0 saturated carbocycles. The van der Waals surface area contributed by atoms with Gasteiger partial charge in [0.1, 0.15) is 0 Å². The van der Waals surface area contributed by atoms with E-state index < -0.39 is 0 Å². The first kappa shape index (κ1) is 20.6. The molecule has 2 heterocycles. The molecular weight excluding hydrogens is 394 g/mol. The Morgan fingerprint density at radius 2 is 1.83 bits per heavy atom. The molecule has 1 aliphatic rings. The van der Waals surface area contributed by atoms with Gasteiger partial charge >= 0.3 is 0 Å². The number of rotatable bonds is 7. The highest BCUT2D eigenvalue weighted by atomic mass is 32.2. The van der Waals surface area contributed by atoms with Crippen molar-refractivity contribution in [2.45, 2.75) is 17.2 Å². The molecule has 0 radical (unpaired) electrons. The number of ether oxygens (including phenoxy) is 1. The third-order valence-corrected chi connectivity index (χ3v) is 6.02. The zero-order valence-corrected chi connectivity index (χ0v) is 17.6. The minimum Gasteiger partial charge on any atom is -0.379 e. The SMILES string of the molecule is O=C(Nc1ccc(SCc2cccnc2)cc1)c1cccc(CN2CCOCC2)c1. The van der Waals surface area contributed by atoms with Crippen molar-refractivity contribution in [1.82, 2.24) is 9.88 Å². The summed E-state index contributed by atoms with van der Waals surface area (Å²) in [6, 6.07) is 19.8. The Morgan fingerprint density at radius 3 is 2.60 bits per heavy atom. The molecule has 1 N–H and O–H groups in total. The molecule has 30 heavy (non-hydrogen) atoms. The predicted octanol–water partition coefficient (Wildman–Crippen LogP) is 4.46.